The quantitative estimate of drug-likeness (QED) is 0.0974. The molecule has 9 nitrogen and oxygen atoms in total. The number of rotatable bonds is 16. The number of halogens is 1. The Balaban J connectivity index is 1.47. The molecule has 0 saturated carbocycles. The maximum atomic E-state index is 14.5. The molecular weight excluding hydrogens is 662 g/mol. The van der Waals surface area contributed by atoms with E-state index in [1.165, 1.54) is 0 Å². The molecule has 0 fully saturated rings. The number of aliphatic imine (C=N–C) groups is 1. The molecule has 3 N–H and O–H groups in total. The SMILES string of the molecule is CCOc1ccccc1CCNNC(=O)[C@@]1(Cc2ccc(Br)cc2)N=C(c2ccc(OCCCO)cc2)O[C@H]1c1cccc(OC)c1. The minimum Gasteiger partial charge on any atom is -0.497 e. The lowest BCUT2D eigenvalue weighted by molar-refractivity contribution is -0.130. The lowest BCUT2D eigenvalue weighted by Gasteiger charge is -2.31. The van der Waals surface area contributed by atoms with Crippen LogP contribution in [0.5, 0.6) is 17.2 Å². The molecule has 0 aromatic heterocycles. The Hall–Kier alpha value is -4.38. The van der Waals surface area contributed by atoms with E-state index in [1.54, 1.807) is 7.11 Å². The van der Waals surface area contributed by atoms with Gasteiger partial charge in [-0.05, 0) is 84.6 Å². The molecule has 0 radical (unpaired) electrons. The number of hydrogen-bond donors (Lipinski definition) is 3. The third kappa shape index (κ3) is 8.51. The molecule has 4 aromatic carbocycles. The van der Waals surface area contributed by atoms with Crippen LogP contribution < -0.4 is 25.1 Å². The van der Waals surface area contributed by atoms with Crippen LogP contribution in [-0.4, -0.2) is 55.9 Å². The van der Waals surface area contributed by atoms with Crippen LogP contribution in [0.25, 0.3) is 0 Å². The van der Waals surface area contributed by atoms with Gasteiger partial charge < -0.3 is 24.1 Å². The Bertz CT molecular complexity index is 1650. The third-order valence-electron chi connectivity index (χ3n) is 7.81. The second-order valence-corrected chi connectivity index (χ2v) is 12.0. The van der Waals surface area contributed by atoms with Crippen molar-refractivity contribution < 1.29 is 28.8 Å². The molecular formula is C37H40BrN3O6. The Morgan fingerprint density at radius 2 is 1.77 bits per heavy atom. The summed E-state index contributed by atoms with van der Waals surface area (Å²) in [5.41, 5.74) is 8.15. The average molecular weight is 703 g/mol. The zero-order chi connectivity index (χ0) is 33.1. The summed E-state index contributed by atoms with van der Waals surface area (Å²) < 4.78 is 24.6. The van der Waals surface area contributed by atoms with Gasteiger partial charge in [-0.2, -0.15) is 0 Å². The van der Waals surface area contributed by atoms with E-state index in [9.17, 15) is 4.79 Å². The fourth-order valence-corrected chi connectivity index (χ4v) is 5.72. The van der Waals surface area contributed by atoms with Gasteiger partial charge in [-0.1, -0.05) is 58.4 Å². The van der Waals surface area contributed by atoms with Crippen LogP contribution in [0.1, 0.15) is 41.7 Å². The number of hydrazine groups is 1. The molecule has 0 bridgehead atoms. The van der Waals surface area contributed by atoms with Crippen molar-refractivity contribution >= 4 is 27.7 Å². The van der Waals surface area contributed by atoms with E-state index in [-0.39, 0.29) is 18.9 Å². The topological polar surface area (TPSA) is 111 Å². The Morgan fingerprint density at radius 3 is 2.51 bits per heavy atom. The number of ether oxygens (including phenoxy) is 4. The zero-order valence-corrected chi connectivity index (χ0v) is 28.2. The predicted octanol–water partition coefficient (Wildman–Crippen LogP) is 5.98. The highest BCUT2D eigenvalue weighted by Crippen LogP contribution is 2.43. The standard InChI is InChI=1S/C37H40BrN3O6/c1-3-45-33-11-5-4-8-27(33)20-21-39-41-36(43)37(25-26-12-16-30(38)17-13-26)34(29-9-6-10-32(24-29)44-2)47-35(40-37)28-14-18-31(19-15-28)46-23-7-22-42/h4-6,8-19,24,34,39,42H,3,7,20-23,25H2,1-2H3,(H,41,43)/t34-,37-/m0/s1. The average Bonchev–Trinajstić information content (AvgIpc) is 3.49. The number of carbonyl (C=O) groups excluding carboxylic acids is 1. The van der Waals surface area contributed by atoms with Crippen LogP contribution in [0, 0.1) is 0 Å². The number of hydrogen-bond acceptors (Lipinski definition) is 8. The van der Waals surface area contributed by atoms with Crippen molar-refractivity contribution in [1.29, 1.82) is 0 Å². The number of aliphatic hydroxyl groups excluding tert-OH is 1. The minimum absolute atomic E-state index is 0.0618. The molecule has 47 heavy (non-hydrogen) atoms. The van der Waals surface area contributed by atoms with E-state index in [0.29, 0.717) is 55.6 Å². The second kappa shape index (κ2) is 16.4. The van der Waals surface area contributed by atoms with Gasteiger partial charge in [0.15, 0.2) is 11.6 Å². The highest BCUT2D eigenvalue weighted by Gasteiger charge is 2.53. The Kier molecular flexibility index (Phi) is 11.9. The van der Waals surface area contributed by atoms with Crippen LogP contribution in [0.2, 0.25) is 0 Å². The van der Waals surface area contributed by atoms with Crippen molar-refractivity contribution in [1.82, 2.24) is 10.9 Å². The molecule has 0 spiro atoms. The zero-order valence-electron chi connectivity index (χ0n) is 26.6. The summed E-state index contributed by atoms with van der Waals surface area (Å²) in [4.78, 5) is 19.6. The summed E-state index contributed by atoms with van der Waals surface area (Å²) >= 11 is 3.52. The van der Waals surface area contributed by atoms with Crippen LogP contribution >= 0.6 is 15.9 Å². The van der Waals surface area contributed by atoms with Crippen LogP contribution in [0.3, 0.4) is 0 Å². The van der Waals surface area contributed by atoms with Gasteiger partial charge in [0, 0.05) is 36.0 Å². The monoisotopic (exact) mass is 701 g/mol. The normalized spacial score (nSPS) is 17.0. The Morgan fingerprint density at radius 1 is 0.979 bits per heavy atom. The van der Waals surface area contributed by atoms with E-state index in [4.69, 9.17) is 29.0 Å². The first-order valence-corrected chi connectivity index (χ1v) is 16.5. The maximum Gasteiger partial charge on any atom is 0.266 e. The summed E-state index contributed by atoms with van der Waals surface area (Å²) in [6, 6.07) is 30.7. The summed E-state index contributed by atoms with van der Waals surface area (Å²) in [7, 11) is 1.61. The van der Waals surface area contributed by atoms with Crippen molar-refractivity contribution in [2.24, 2.45) is 4.99 Å². The largest absolute Gasteiger partial charge is 0.497 e. The van der Waals surface area contributed by atoms with Gasteiger partial charge in [-0.15, -0.1) is 0 Å². The first-order valence-electron chi connectivity index (χ1n) is 15.7. The van der Waals surface area contributed by atoms with E-state index >= 15 is 0 Å². The van der Waals surface area contributed by atoms with Crippen LogP contribution in [0.15, 0.2) is 107 Å². The van der Waals surface area contributed by atoms with Gasteiger partial charge in [0.05, 0.1) is 20.3 Å². The Labute approximate surface area is 284 Å². The number of nitrogens with zero attached hydrogens (tertiary/aromatic N) is 1. The number of methoxy groups -OCH3 is 1. The fraction of sp³-hybridized carbons (Fsp3) is 0.297. The van der Waals surface area contributed by atoms with E-state index in [2.05, 4.69) is 26.8 Å². The molecule has 0 unspecified atom stereocenters. The molecule has 4 aromatic rings. The molecule has 1 aliphatic heterocycles. The molecule has 10 heteroatoms. The number of carbonyl (C=O) groups is 1. The molecule has 1 heterocycles. The number of benzene rings is 4. The number of amides is 1. The lowest BCUT2D eigenvalue weighted by atomic mass is 9.82. The highest BCUT2D eigenvalue weighted by atomic mass is 79.9. The van der Waals surface area contributed by atoms with Gasteiger partial charge in [0.2, 0.25) is 5.90 Å². The van der Waals surface area contributed by atoms with Gasteiger partial charge in [-0.25, -0.2) is 10.4 Å². The minimum atomic E-state index is -1.37. The molecule has 2 atom stereocenters. The van der Waals surface area contributed by atoms with E-state index in [1.807, 2.05) is 104 Å². The van der Waals surface area contributed by atoms with Crippen LogP contribution in [0.4, 0.5) is 0 Å². The number of nitrogens with one attached hydrogen (secondary N) is 2. The van der Waals surface area contributed by atoms with Crippen molar-refractivity contribution in [3.8, 4) is 17.2 Å². The van der Waals surface area contributed by atoms with Crippen molar-refractivity contribution in [2.45, 2.75) is 37.8 Å². The summed E-state index contributed by atoms with van der Waals surface area (Å²) in [6.45, 7) is 3.48. The van der Waals surface area contributed by atoms with Crippen molar-refractivity contribution in [3.05, 3.63) is 124 Å². The summed E-state index contributed by atoms with van der Waals surface area (Å²) in [5, 5.41) is 9.08. The fourth-order valence-electron chi connectivity index (χ4n) is 5.46. The molecule has 5 rings (SSSR count). The highest BCUT2D eigenvalue weighted by molar-refractivity contribution is 9.10. The smallest absolute Gasteiger partial charge is 0.266 e. The van der Waals surface area contributed by atoms with Crippen LogP contribution in [-0.2, 0) is 22.4 Å². The molecule has 1 amide bonds. The third-order valence-corrected chi connectivity index (χ3v) is 8.34. The van der Waals surface area contributed by atoms with Gasteiger partial charge in [0.1, 0.15) is 17.2 Å². The van der Waals surface area contributed by atoms with Crippen molar-refractivity contribution in [3.63, 3.8) is 0 Å². The molecule has 1 aliphatic rings. The number of aliphatic hydroxyl groups is 1. The van der Waals surface area contributed by atoms with Gasteiger partial charge in [0.25, 0.3) is 5.91 Å². The van der Waals surface area contributed by atoms with Gasteiger partial charge in [-0.3, -0.25) is 10.2 Å². The maximum absolute atomic E-state index is 14.5. The van der Waals surface area contributed by atoms with E-state index in [0.717, 1.165) is 26.9 Å². The lowest BCUT2D eigenvalue weighted by Crippen LogP contribution is -2.54. The second-order valence-electron chi connectivity index (χ2n) is 11.0. The predicted molar refractivity (Wildman–Crippen MR) is 185 cm³/mol. The summed E-state index contributed by atoms with van der Waals surface area (Å²) in [6.07, 6.45) is 0.694. The summed E-state index contributed by atoms with van der Waals surface area (Å²) in [5.74, 6) is 2.16. The number of para-hydroxylation sites is 1. The molecule has 0 saturated heterocycles. The molecule has 246 valence electrons. The first-order chi connectivity index (χ1) is 23.0. The molecule has 0 aliphatic carbocycles. The van der Waals surface area contributed by atoms with Gasteiger partial charge >= 0.3 is 0 Å². The van der Waals surface area contributed by atoms with Crippen molar-refractivity contribution in [2.75, 3.05) is 33.5 Å². The first kappa shape index (κ1) is 34.0. The van der Waals surface area contributed by atoms with E-state index < -0.39 is 11.6 Å².